The van der Waals surface area contributed by atoms with Gasteiger partial charge in [-0.2, -0.15) is 0 Å². The van der Waals surface area contributed by atoms with Gasteiger partial charge >= 0.3 is 0 Å². The van der Waals surface area contributed by atoms with Gasteiger partial charge < -0.3 is 5.73 Å². The van der Waals surface area contributed by atoms with E-state index in [0.717, 1.165) is 12.8 Å². The van der Waals surface area contributed by atoms with Crippen LogP contribution in [0.4, 0.5) is 0 Å². The zero-order valence-corrected chi connectivity index (χ0v) is 9.54. The Labute approximate surface area is 90.3 Å². The van der Waals surface area contributed by atoms with Gasteiger partial charge in [-0.3, -0.25) is 0 Å². The van der Waals surface area contributed by atoms with E-state index in [1.165, 1.54) is 24.8 Å². The van der Waals surface area contributed by atoms with Crippen molar-refractivity contribution in [1.29, 1.82) is 0 Å². The summed E-state index contributed by atoms with van der Waals surface area (Å²) in [6.07, 6.45) is 8.05. The van der Waals surface area contributed by atoms with E-state index >= 15 is 0 Å². The van der Waals surface area contributed by atoms with Crippen molar-refractivity contribution in [3.63, 3.8) is 0 Å². The average Bonchev–Trinajstić information content (AvgIpc) is 2.04. The van der Waals surface area contributed by atoms with Crippen molar-refractivity contribution in [2.24, 2.45) is 5.73 Å². The molecule has 0 spiro atoms. The zero-order valence-electron chi connectivity index (χ0n) is 8.02. The molecule has 1 rings (SSSR count). The van der Waals surface area contributed by atoms with Gasteiger partial charge in [0.1, 0.15) is 4.33 Å². The Morgan fingerprint density at radius 2 is 2.23 bits per heavy atom. The molecule has 76 valence electrons. The molecule has 0 bridgehead atoms. The minimum absolute atomic E-state index is 0.153. The molecule has 3 heteroatoms. The number of alkyl halides is 2. The molecule has 0 aromatic rings. The van der Waals surface area contributed by atoms with Crippen molar-refractivity contribution in [2.45, 2.75) is 49.4 Å². The van der Waals surface area contributed by atoms with Gasteiger partial charge in [0.05, 0.1) is 0 Å². The molecule has 0 aromatic carbocycles. The smallest absolute Gasteiger partial charge is 0.130 e. The fourth-order valence-corrected chi connectivity index (χ4v) is 1.71. The lowest BCUT2D eigenvalue weighted by Gasteiger charge is -2.24. The standard InChI is InChI=1S/C10H17Cl2N/c1-10(11,12)9(13)7-8-5-3-2-4-6-8/h5,9H,2-4,6-7,13H2,1H3. The number of nitrogens with two attached hydrogens (primary N) is 1. The van der Waals surface area contributed by atoms with E-state index in [9.17, 15) is 0 Å². The lowest BCUT2D eigenvalue weighted by atomic mass is 9.93. The summed E-state index contributed by atoms with van der Waals surface area (Å²) < 4.78 is -0.807. The molecule has 0 amide bonds. The normalized spacial score (nSPS) is 21.1. The summed E-state index contributed by atoms with van der Waals surface area (Å²) in [5, 5.41) is 0. The van der Waals surface area contributed by atoms with Crippen LogP contribution in [-0.2, 0) is 0 Å². The summed E-state index contributed by atoms with van der Waals surface area (Å²) in [6.45, 7) is 1.75. The molecular formula is C10H17Cl2N. The van der Waals surface area contributed by atoms with Gasteiger partial charge in [0.25, 0.3) is 0 Å². The maximum atomic E-state index is 5.92. The van der Waals surface area contributed by atoms with E-state index in [4.69, 9.17) is 28.9 Å². The lowest BCUT2D eigenvalue weighted by Crippen LogP contribution is -2.36. The van der Waals surface area contributed by atoms with Crippen LogP contribution in [0.1, 0.15) is 39.0 Å². The molecule has 1 nitrogen and oxygen atoms in total. The first-order chi connectivity index (χ1) is 6.00. The topological polar surface area (TPSA) is 26.0 Å². The number of halogens is 2. The molecule has 2 N–H and O–H groups in total. The summed E-state index contributed by atoms with van der Waals surface area (Å²) >= 11 is 11.8. The average molecular weight is 222 g/mol. The van der Waals surface area contributed by atoms with Crippen LogP contribution in [0, 0.1) is 0 Å². The van der Waals surface area contributed by atoms with Crippen molar-refractivity contribution in [3.8, 4) is 0 Å². The van der Waals surface area contributed by atoms with E-state index in [1.54, 1.807) is 6.92 Å². The Morgan fingerprint density at radius 1 is 1.54 bits per heavy atom. The summed E-state index contributed by atoms with van der Waals surface area (Å²) in [7, 11) is 0. The molecule has 0 radical (unpaired) electrons. The molecule has 13 heavy (non-hydrogen) atoms. The highest BCUT2D eigenvalue weighted by Gasteiger charge is 2.26. The van der Waals surface area contributed by atoms with Crippen molar-refractivity contribution in [2.75, 3.05) is 0 Å². The van der Waals surface area contributed by atoms with Crippen molar-refractivity contribution in [3.05, 3.63) is 11.6 Å². The third kappa shape index (κ3) is 3.88. The van der Waals surface area contributed by atoms with Crippen molar-refractivity contribution < 1.29 is 0 Å². The monoisotopic (exact) mass is 221 g/mol. The Morgan fingerprint density at radius 3 is 2.69 bits per heavy atom. The minimum atomic E-state index is -0.807. The maximum Gasteiger partial charge on any atom is 0.130 e. The molecule has 1 aliphatic rings. The molecule has 0 aliphatic heterocycles. The summed E-state index contributed by atoms with van der Waals surface area (Å²) in [6, 6.07) is -0.153. The van der Waals surface area contributed by atoms with E-state index in [-0.39, 0.29) is 6.04 Å². The second-order valence-corrected chi connectivity index (χ2v) is 5.64. The largest absolute Gasteiger partial charge is 0.325 e. The Balaban J connectivity index is 2.43. The Kier molecular flexibility index (Phi) is 4.08. The predicted molar refractivity (Wildman–Crippen MR) is 59.3 cm³/mol. The molecule has 0 aromatic heterocycles. The highest BCUT2D eigenvalue weighted by molar-refractivity contribution is 6.48. The van der Waals surface area contributed by atoms with Crippen LogP contribution in [0.5, 0.6) is 0 Å². The van der Waals surface area contributed by atoms with Gasteiger partial charge in [-0.25, -0.2) is 0 Å². The van der Waals surface area contributed by atoms with Gasteiger partial charge in [-0.15, -0.1) is 23.2 Å². The predicted octanol–water partition coefficient (Wildman–Crippen LogP) is 3.40. The van der Waals surface area contributed by atoms with E-state index in [1.807, 2.05) is 0 Å². The van der Waals surface area contributed by atoms with Crippen molar-refractivity contribution >= 4 is 23.2 Å². The first-order valence-corrected chi connectivity index (χ1v) is 5.57. The molecule has 1 aliphatic carbocycles. The quantitative estimate of drug-likeness (QED) is 0.574. The van der Waals surface area contributed by atoms with Crippen LogP contribution in [0.25, 0.3) is 0 Å². The Bertz CT molecular complexity index is 194. The van der Waals surface area contributed by atoms with Gasteiger partial charge in [0, 0.05) is 6.04 Å². The van der Waals surface area contributed by atoms with Crippen LogP contribution in [0.3, 0.4) is 0 Å². The summed E-state index contributed by atoms with van der Waals surface area (Å²) in [5.74, 6) is 0. The van der Waals surface area contributed by atoms with Crippen LogP contribution in [0.15, 0.2) is 11.6 Å². The molecule has 1 atom stereocenters. The molecule has 0 heterocycles. The van der Waals surface area contributed by atoms with E-state index in [2.05, 4.69) is 6.08 Å². The zero-order chi connectivity index (χ0) is 9.90. The molecular weight excluding hydrogens is 205 g/mol. The SMILES string of the molecule is CC(Cl)(Cl)C(N)CC1=CCCCC1. The molecule has 1 unspecified atom stereocenters. The van der Waals surface area contributed by atoms with Crippen molar-refractivity contribution in [1.82, 2.24) is 0 Å². The number of hydrogen-bond donors (Lipinski definition) is 1. The molecule has 0 saturated heterocycles. The molecule has 0 fully saturated rings. The highest BCUT2D eigenvalue weighted by Crippen LogP contribution is 2.29. The second kappa shape index (κ2) is 4.68. The van der Waals surface area contributed by atoms with Crippen LogP contribution < -0.4 is 5.73 Å². The maximum absolute atomic E-state index is 5.92. The summed E-state index contributed by atoms with van der Waals surface area (Å²) in [5.41, 5.74) is 7.30. The fourth-order valence-electron chi connectivity index (χ4n) is 1.55. The number of hydrogen-bond acceptors (Lipinski definition) is 1. The van der Waals surface area contributed by atoms with Gasteiger partial charge in [0.15, 0.2) is 0 Å². The molecule has 0 saturated carbocycles. The minimum Gasteiger partial charge on any atom is -0.325 e. The van der Waals surface area contributed by atoms with Gasteiger partial charge in [0.2, 0.25) is 0 Å². The second-order valence-electron chi connectivity index (χ2n) is 3.88. The van der Waals surface area contributed by atoms with E-state index < -0.39 is 4.33 Å². The highest BCUT2D eigenvalue weighted by atomic mass is 35.5. The number of allylic oxidation sites excluding steroid dienone is 1. The Hall–Kier alpha value is 0.280. The number of rotatable bonds is 3. The third-order valence-corrected chi connectivity index (χ3v) is 3.08. The van der Waals surface area contributed by atoms with Gasteiger partial charge in [-0.05, 0) is 39.0 Å². The van der Waals surface area contributed by atoms with Crippen LogP contribution >= 0.6 is 23.2 Å². The lowest BCUT2D eigenvalue weighted by molar-refractivity contribution is 0.574. The first-order valence-electron chi connectivity index (χ1n) is 4.81. The fraction of sp³-hybridized carbons (Fsp3) is 0.800. The first kappa shape index (κ1) is 11.4. The van der Waals surface area contributed by atoms with E-state index in [0.29, 0.717) is 0 Å². The van der Waals surface area contributed by atoms with Gasteiger partial charge in [-0.1, -0.05) is 11.6 Å². The van der Waals surface area contributed by atoms with Crippen LogP contribution in [0.2, 0.25) is 0 Å². The third-order valence-electron chi connectivity index (χ3n) is 2.52. The summed E-state index contributed by atoms with van der Waals surface area (Å²) in [4.78, 5) is 0. The van der Waals surface area contributed by atoms with Crippen LogP contribution in [-0.4, -0.2) is 10.4 Å².